The first-order valence-corrected chi connectivity index (χ1v) is 6.85. The summed E-state index contributed by atoms with van der Waals surface area (Å²) in [4.78, 5) is 12.0. The van der Waals surface area contributed by atoms with E-state index < -0.39 is 0 Å². The standard InChI is InChI=1S/C15H22N2O2/c1-19-10-14(16)7-8-17-15(18)13-6-5-11-3-2-4-12(11)9-13/h5-6,9,14H,2-4,7-8,10,16H2,1H3,(H,17,18). The Morgan fingerprint density at radius 1 is 1.42 bits per heavy atom. The Hall–Kier alpha value is -1.39. The number of carbonyl (C=O) groups excluding carboxylic acids is 1. The average Bonchev–Trinajstić information content (AvgIpc) is 2.86. The molecule has 0 aliphatic heterocycles. The minimum atomic E-state index is -0.0229. The van der Waals surface area contributed by atoms with E-state index in [1.807, 2.05) is 12.1 Å². The van der Waals surface area contributed by atoms with Crippen molar-refractivity contribution in [2.24, 2.45) is 5.73 Å². The van der Waals surface area contributed by atoms with Crippen LogP contribution in [0.4, 0.5) is 0 Å². The molecule has 1 aromatic rings. The highest BCUT2D eigenvalue weighted by atomic mass is 16.5. The predicted octanol–water partition coefficient (Wildman–Crippen LogP) is 1.27. The van der Waals surface area contributed by atoms with Gasteiger partial charge in [0, 0.05) is 25.3 Å². The summed E-state index contributed by atoms with van der Waals surface area (Å²) in [6, 6.07) is 5.99. The third-order valence-electron chi connectivity index (χ3n) is 3.54. The molecule has 19 heavy (non-hydrogen) atoms. The highest BCUT2D eigenvalue weighted by molar-refractivity contribution is 5.94. The summed E-state index contributed by atoms with van der Waals surface area (Å²) in [7, 11) is 1.63. The second-order valence-electron chi connectivity index (χ2n) is 5.10. The van der Waals surface area contributed by atoms with Gasteiger partial charge < -0.3 is 15.8 Å². The van der Waals surface area contributed by atoms with E-state index in [0.29, 0.717) is 13.2 Å². The average molecular weight is 262 g/mol. The Labute approximate surface area is 114 Å². The van der Waals surface area contributed by atoms with Crippen molar-refractivity contribution in [3.05, 3.63) is 34.9 Å². The third kappa shape index (κ3) is 3.78. The summed E-state index contributed by atoms with van der Waals surface area (Å²) in [6.07, 6.45) is 4.16. The molecule has 0 aromatic heterocycles. The number of hydrogen-bond acceptors (Lipinski definition) is 3. The molecule has 4 nitrogen and oxygen atoms in total. The predicted molar refractivity (Wildman–Crippen MR) is 75.3 cm³/mol. The number of rotatable bonds is 6. The topological polar surface area (TPSA) is 64.3 Å². The number of benzene rings is 1. The van der Waals surface area contributed by atoms with Gasteiger partial charge in [-0.1, -0.05) is 6.07 Å². The van der Waals surface area contributed by atoms with Crippen LogP contribution in [0.25, 0.3) is 0 Å². The van der Waals surface area contributed by atoms with Crippen LogP contribution >= 0.6 is 0 Å². The highest BCUT2D eigenvalue weighted by Gasteiger charge is 2.13. The fourth-order valence-corrected chi connectivity index (χ4v) is 2.48. The van der Waals surface area contributed by atoms with Gasteiger partial charge in [-0.2, -0.15) is 0 Å². The maximum Gasteiger partial charge on any atom is 0.251 e. The molecule has 1 unspecified atom stereocenters. The van der Waals surface area contributed by atoms with E-state index in [4.69, 9.17) is 10.5 Å². The molecule has 1 aliphatic rings. The first-order valence-electron chi connectivity index (χ1n) is 6.85. The van der Waals surface area contributed by atoms with Crippen LogP contribution in [0.2, 0.25) is 0 Å². The molecule has 0 saturated carbocycles. The molecule has 0 fully saturated rings. The zero-order chi connectivity index (χ0) is 13.7. The fourth-order valence-electron chi connectivity index (χ4n) is 2.48. The minimum Gasteiger partial charge on any atom is -0.383 e. The Morgan fingerprint density at radius 2 is 2.21 bits per heavy atom. The van der Waals surface area contributed by atoms with Crippen LogP contribution in [0.15, 0.2) is 18.2 Å². The lowest BCUT2D eigenvalue weighted by Crippen LogP contribution is -2.32. The first-order chi connectivity index (χ1) is 9.20. The van der Waals surface area contributed by atoms with Crippen molar-refractivity contribution in [2.45, 2.75) is 31.7 Å². The van der Waals surface area contributed by atoms with Crippen LogP contribution in [-0.4, -0.2) is 32.2 Å². The van der Waals surface area contributed by atoms with E-state index in [9.17, 15) is 4.79 Å². The number of carbonyl (C=O) groups is 1. The zero-order valence-corrected chi connectivity index (χ0v) is 11.4. The van der Waals surface area contributed by atoms with Gasteiger partial charge in [-0.15, -0.1) is 0 Å². The smallest absolute Gasteiger partial charge is 0.251 e. The van der Waals surface area contributed by atoms with E-state index >= 15 is 0 Å². The molecule has 104 valence electrons. The molecule has 1 aliphatic carbocycles. The number of ether oxygens (including phenoxy) is 1. The van der Waals surface area contributed by atoms with E-state index in [2.05, 4.69) is 11.4 Å². The zero-order valence-electron chi connectivity index (χ0n) is 11.4. The molecule has 0 heterocycles. The Bertz CT molecular complexity index is 446. The van der Waals surface area contributed by atoms with Crippen molar-refractivity contribution < 1.29 is 9.53 Å². The molecular formula is C15H22N2O2. The van der Waals surface area contributed by atoms with Crippen LogP contribution in [0.3, 0.4) is 0 Å². The number of fused-ring (bicyclic) bond motifs is 1. The summed E-state index contributed by atoms with van der Waals surface area (Å²) in [5, 5.41) is 2.90. The van der Waals surface area contributed by atoms with Gasteiger partial charge in [-0.3, -0.25) is 4.79 Å². The van der Waals surface area contributed by atoms with Crippen LogP contribution in [0.1, 0.15) is 34.3 Å². The Kier molecular flexibility index (Phi) is 4.93. The van der Waals surface area contributed by atoms with Crippen molar-refractivity contribution in [3.8, 4) is 0 Å². The van der Waals surface area contributed by atoms with Crippen molar-refractivity contribution in [3.63, 3.8) is 0 Å². The molecule has 0 spiro atoms. The van der Waals surface area contributed by atoms with Gasteiger partial charge in [0.05, 0.1) is 6.61 Å². The highest BCUT2D eigenvalue weighted by Crippen LogP contribution is 2.22. The van der Waals surface area contributed by atoms with E-state index in [1.165, 1.54) is 17.5 Å². The van der Waals surface area contributed by atoms with Crippen molar-refractivity contribution in [1.82, 2.24) is 5.32 Å². The summed E-state index contributed by atoms with van der Waals surface area (Å²) in [6.45, 7) is 1.11. The lowest BCUT2D eigenvalue weighted by molar-refractivity contribution is 0.0950. The molecule has 2 rings (SSSR count). The normalized spacial score (nSPS) is 15.1. The number of amides is 1. The number of nitrogens with one attached hydrogen (secondary N) is 1. The maximum atomic E-state index is 12.0. The Balaban J connectivity index is 1.83. The van der Waals surface area contributed by atoms with Gasteiger partial charge in [-0.25, -0.2) is 0 Å². The summed E-state index contributed by atoms with van der Waals surface area (Å²) in [5.41, 5.74) is 9.27. The van der Waals surface area contributed by atoms with Crippen molar-refractivity contribution in [1.29, 1.82) is 0 Å². The van der Waals surface area contributed by atoms with Crippen LogP contribution in [0, 0.1) is 0 Å². The SMILES string of the molecule is COCC(N)CCNC(=O)c1ccc2c(c1)CCC2. The molecule has 0 saturated heterocycles. The van der Waals surface area contributed by atoms with Gasteiger partial charge >= 0.3 is 0 Å². The lowest BCUT2D eigenvalue weighted by Gasteiger charge is -2.11. The summed E-state index contributed by atoms with van der Waals surface area (Å²) >= 11 is 0. The monoisotopic (exact) mass is 262 g/mol. The number of aryl methyl sites for hydroxylation is 2. The van der Waals surface area contributed by atoms with Gasteiger partial charge in [0.25, 0.3) is 5.91 Å². The van der Waals surface area contributed by atoms with E-state index in [0.717, 1.165) is 24.8 Å². The fraction of sp³-hybridized carbons (Fsp3) is 0.533. The molecule has 0 radical (unpaired) electrons. The minimum absolute atomic E-state index is 0.0145. The van der Waals surface area contributed by atoms with Gasteiger partial charge in [0.15, 0.2) is 0 Å². The quantitative estimate of drug-likeness (QED) is 0.811. The number of nitrogens with two attached hydrogens (primary N) is 1. The third-order valence-corrected chi connectivity index (χ3v) is 3.54. The van der Waals surface area contributed by atoms with Crippen molar-refractivity contribution in [2.75, 3.05) is 20.3 Å². The molecular weight excluding hydrogens is 240 g/mol. The maximum absolute atomic E-state index is 12.0. The largest absolute Gasteiger partial charge is 0.383 e. The van der Waals surface area contributed by atoms with E-state index in [-0.39, 0.29) is 11.9 Å². The van der Waals surface area contributed by atoms with Crippen LogP contribution < -0.4 is 11.1 Å². The molecule has 1 atom stereocenters. The second kappa shape index (κ2) is 6.68. The molecule has 3 N–H and O–H groups in total. The number of hydrogen-bond donors (Lipinski definition) is 2. The van der Waals surface area contributed by atoms with E-state index in [1.54, 1.807) is 7.11 Å². The summed E-state index contributed by atoms with van der Waals surface area (Å²) in [5.74, 6) is -0.0145. The van der Waals surface area contributed by atoms with Crippen LogP contribution in [-0.2, 0) is 17.6 Å². The lowest BCUT2D eigenvalue weighted by atomic mass is 10.1. The van der Waals surface area contributed by atoms with Crippen molar-refractivity contribution >= 4 is 5.91 Å². The Morgan fingerprint density at radius 3 is 3.00 bits per heavy atom. The molecule has 1 amide bonds. The molecule has 4 heteroatoms. The second-order valence-corrected chi connectivity index (χ2v) is 5.10. The summed E-state index contributed by atoms with van der Waals surface area (Å²) < 4.78 is 4.96. The first kappa shape index (κ1) is 14.0. The van der Waals surface area contributed by atoms with Gasteiger partial charge in [0.1, 0.15) is 0 Å². The van der Waals surface area contributed by atoms with Crippen LogP contribution in [0.5, 0.6) is 0 Å². The van der Waals surface area contributed by atoms with Gasteiger partial charge in [0.2, 0.25) is 0 Å². The molecule has 1 aromatic carbocycles. The molecule has 0 bridgehead atoms. The van der Waals surface area contributed by atoms with Gasteiger partial charge in [-0.05, 0) is 48.9 Å². The number of methoxy groups -OCH3 is 1.